The molecular weight excluding hydrogens is 182 g/mol. The molecule has 4 nitrogen and oxygen atoms in total. The predicted molar refractivity (Wildman–Crippen MR) is 50.0 cm³/mol. The minimum Gasteiger partial charge on any atom is -0.472 e. The van der Waals surface area contributed by atoms with E-state index >= 15 is 0 Å². The number of amides is 1. The van der Waals surface area contributed by atoms with Crippen molar-refractivity contribution < 1.29 is 13.9 Å². The summed E-state index contributed by atoms with van der Waals surface area (Å²) in [6.07, 6.45) is 4.09. The van der Waals surface area contributed by atoms with Gasteiger partial charge in [0.05, 0.1) is 17.9 Å². The number of likely N-dealkylation sites (tertiary alicyclic amines) is 1. The third-order valence-corrected chi connectivity index (χ3v) is 2.53. The molecule has 4 heteroatoms. The standard InChI is InChI=1S/C10H13NO3/c1-13-9-2-4-11(6-9)10(12)8-3-5-14-7-8/h3,5,7,9H,2,4,6H2,1H3/t9-/m1/s1. The van der Waals surface area contributed by atoms with Gasteiger partial charge in [0.1, 0.15) is 6.26 Å². The Balaban J connectivity index is 2.00. The molecule has 0 aromatic carbocycles. The maximum Gasteiger partial charge on any atom is 0.257 e. The molecule has 0 saturated carbocycles. The molecule has 0 radical (unpaired) electrons. The zero-order chi connectivity index (χ0) is 9.97. The first-order chi connectivity index (χ1) is 6.81. The van der Waals surface area contributed by atoms with E-state index in [9.17, 15) is 4.79 Å². The van der Waals surface area contributed by atoms with Crippen molar-refractivity contribution in [1.29, 1.82) is 0 Å². The summed E-state index contributed by atoms with van der Waals surface area (Å²) in [5, 5.41) is 0. The molecule has 0 bridgehead atoms. The lowest BCUT2D eigenvalue weighted by Crippen LogP contribution is -2.29. The molecule has 14 heavy (non-hydrogen) atoms. The van der Waals surface area contributed by atoms with Gasteiger partial charge < -0.3 is 14.1 Å². The molecule has 1 aliphatic rings. The van der Waals surface area contributed by atoms with Crippen molar-refractivity contribution in [2.24, 2.45) is 0 Å². The van der Waals surface area contributed by atoms with E-state index in [1.165, 1.54) is 12.5 Å². The van der Waals surface area contributed by atoms with Gasteiger partial charge in [-0.2, -0.15) is 0 Å². The summed E-state index contributed by atoms with van der Waals surface area (Å²) in [6.45, 7) is 1.45. The van der Waals surface area contributed by atoms with Gasteiger partial charge in [0.2, 0.25) is 0 Å². The van der Waals surface area contributed by atoms with E-state index in [0.29, 0.717) is 12.1 Å². The lowest BCUT2D eigenvalue weighted by Gasteiger charge is -2.14. The monoisotopic (exact) mass is 195 g/mol. The van der Waals surface area contributed by atoms with Crippen LogP contribution in [-0.2, 0) is 4.74 Å². The summed E-state index contributed by atoms with van der Waals surface area (Å²) < 4.78 is 10.1. The van der Waals surface area contributed by atoms with Gasteiger partial charge >= 0.3 is 0 Å². The number of methoxy groups -OCH3 is 1. The zero-order valence-corrected chi connectivity index (χ0v) is 8.10. The Labute approximate surface area is 82.4 Å². The van der Waals surface area contributed by atoms with Gasteiger partial charge in [0.25, 0.3) is 5.91 Å². The molecule has 0 N–H and O–H groups in total. The molecule has 0 aliphatic carbocycles. The smallest absolute Gasteiger partial charge is 0.257 e. The molecule has 1 saturated heterocycles. The Hall–Kier alpha value is -1.29. The highest BCUT2D eigenvalue weighted by Gasteiger charge is 2.26. The van der Waals surface area contributed by atoms with Gasteiger partial charge in [-0.05, 0) is 12.5 Å². The molecule has 1 aliphatic heterocycles. The molecule has 2 rings (SSSR count). The molecule has 0 unspecified atom stereocenters. The molecule has 1 atom stereocenters. The van der Waals surface area contributed by atoms with Gasteiger partial charge in [-0.3, -0.25) is 4.79 Å². The normalized spacial score (nSPS) is 21.5. The first kappa shape index (κ1) is 9.27. The molecule has 76 valence electrons. The minimum absolute atomic E-state index is 0.0262. The van der Waals surface area contributed by atoms with E-state index in [1.54, 1.807) is 18.1 Å². The topological polar surface area (TPSA) is 42.7 Å². The van der Waals surface area contributed by atoms with Crippen LogP contribution in [0.5, 0.6) is 0 Å². The second-order valence-electron chi connectivity index (χ2n) is 3.41. The number of furan rings is 1. The highest BCUT2D eigenvalue weighted by atomic mass is 16.5. The Bertz CT molecular complexity index is 307. The molecule has 1 fully saturated rings. The predicted octanol–water partition coefficient (Wildman–Crippen LogP) is 1.14. The largest absolute Gasteiger partial charge is 0.472 e. The number of carbonyl (C=O) groups is 1. The van der Waals surface area contributed by atoms with Gasteiger partial charge in [0, 0.05) is 20.2 Å². The summed E-state index contributed by atoms with van der Waals surface area (Å²) in [7, 11) is 1.68. The van der Waals surface area contributed by atoms with Crippen LogP contribution in [0.1, 0.15) is 16.8 Å². The Morgan fingerprint density at radius 1 is 1.71 bits per heavy atom. The fraction of sp³-hybridized carbons (Fsp3) is 0.500. The van der Waals surface area contributed by atoms with Gasteiger partial charge in [0.15, 0.2) is 0 Å². The van der Waals surface area contributed by atoms with Crippen LogP contribution in [-0.4, -0.2) is 37.1 Å². The van der Waals surface area contributed by atoms with Gasteiger partial charge in [-0.25, -0.2) is 0 Å². The van der Waals surface area contributed by atoms with Crippen LogP contribution in [0.2, 0.25) is 0 Å². The number of hydrogen-bond acceptors (Lipinski definition) is 3. The number of rotatable bonds is 2. The summed E-state index contributed by atoms with van der Waals surface area (Å²) in [5.74, 6) is 0.0262. The minimum atomic E-state index is 0.0262. The quantitative estimate of drug-likeness (QED) is 0.710. The van der Waals surface area contributed by atoms with Crippen LogP contribution in [0.3, 0.4) is 0 Å². The lowest BCUT2D eigenvalue weighted by atomic mass is 10.3. The SMILES string of the molecule is CO[C@@H]1CCN(C(=O)c2ccoc2)C1. The fourth-order valence-corrected chi connectivity index (χ4v) is 1.67. The summed E-state index contributed by atoms with van der Waals surface area (Å²) >= 11 is 0. The first-order valence-electron chi connectivity index (χ1n) is 4.65. The zero-order valence-electron chi connectivity index (χ0n) is 8.10. The number of ether oxygens (including phenoxy) is 1. The third kappa shape index (κ3) is 1.65. The first-order valence-corrected chi connectivity index (χ1v) is 4.65. The molecular formula is C10H13NO3. The van der Waals surface area contributed by atoms with Crippen molar-refractivity contribution in [3.8, 4) is 0 Å². The average Bonchev–Trinajstić information content (AvgIpc) is 2.88. The van der Waals surface area contributed by atoms with Crippen LogP contribution in [0.4, 0.5) is 0 Å². The highest BCUT2D eigenvalue weighted by molar-refractivity contribution is 5.94. The third-order valence-electron chi connectivity index (χ3n) is 2.53. The lowest BCUT2D eigenvalue weighted by molar-refractivity contribution is 0.0723. The fourth-order valence-electron chi connectivity index (χ4n) is 1.67. The number of carbonyl (C=O) groups excluding carboxylic acids is 1. The van der Waals surface area contributed by atoms with Crippen LogP contribution < -0.4 is 0 Å². The van der Waals surface area contributed by atoms with Crippen LogP contribution >= 0.6 is 0 Å². The summed E-state index contributed by atoms with van der Waals surface area (Å²) in [6, 6.07) is 1.68. The molecule has 0 spiro atoms. The molecule has 1 amide bonds. The maximum atomic E-state index is 11.8. The van der Waals surface area contributed by atoms with Crippen LogP contribution in [0.25, 0.3) is 0 Å². The van der Waals surface area contributed by atoms with Crippen molar-refractivity contribution in [2.45, 2.75) is 12.5 Å². The van der Waals surface area contributed by atoms with E-state index in [0.717, 1.165) is 13.0 Å². The molecule has 1 aromatic rings. The average molecular weight is 195 g/mol. The van der Waals surface area contributed by atoms with Gasteiger partial charge in [-0.15, -0.1) is 0 Å². The van der Waals surface area contributed by atoms with Crippen molar-refractivity contribution in [2.75, 3.05) is 20.2 Å². The highest BCUT2D eigenvalue weighted by Crippen LogP contribution is 2.15. The van der Waals surface area contributed by atoms with Crippen molar-refractivity contribution in [1.82, 2.24) is 4.90 Å². The van der Waals surface area contributed by atoms with E-state index in [4.69, 9.17) is 9.15 Å². The van der Waals surface area contributed by atoms with Crippen LogP contribution in [0.15, 0.2) is 23.0 Å². The van der Waals surface area contributed by atoms with Crippen molar-refractivity contribution in [3.63, 3.8) is 0 Å². The Morgan fingerprint density at radius 3 is 3.14 bits per heavy atom. The number of nitrogens with zero attached hydrogens (tertiary/aromatic N) is 1. The van der Waals surface area contributed by atoms with Gasteiger partial charge in [-0.1, -0.05) is 0 Å². The maximum absolute atomic E-state index is 11.8. The van der Waals surface area contributed by atoms with E-state index in [1.807, 2.05) is 0 Å². The summed E-state index contributed by atoms with van der Waals surface area (Å²) in [4.78, 5) is 13.6. The Morgan fingerprint density at radius 2 is 2.57 bits per heavy atom. The van der Waals surface area contributed by atoms with Crippen molar-refractivity contribution >= 4 is 5.91 Å². The second kappa shape index (κ2) is 3.84. The molecule has 1 aromatic heterocycles. The summed E-state index contributed by atoms with van der Waals surface area (Å²) in [5.41, 5.74) is 0.613. The molecule has 2 heterocycles. The second-order valence-corrected chi connectivity index (χ2v) is 3.41. The van der Waals surface area contributed by atoms with E-state index in [2.05, 4.69) is 0 Å². The van der Waals surface area contributed by atoms with Crippen molar-refractivity contribution in [3.05, 3.63) is 24.2 Å². The number of hydrogen-bond donors (Lipinski definition) is 0. The van der Waals surface area contributed by atoms with E-state index < -0.39 is 0 Å². The van der Waals surface area contributed by atoms with Crippen LogP contribution in [0, 0.1) is 0 Å². The Kier molecular flexibility index (Phi) is 2.54. The van der Waals surface area contributed by atoms with E-state index in [-0.39, 0.29) is 12.0 Å².